The maximum Gasteiger partial charge on any atom is 0.301 e. The smallest absolute Gasteiger partial charge is 0.301 e. The lowest BCUT2D eigenvalue weighted by Gasteiger charge is -2.23. The number of halogens is 1. The van der Waals surface area contributed by atoms with Crippen molar-refractivity contribution in [3.05, 3.63) is 94.0 Å². The molecule has 0 radical (unpaired) electrons. The first-order chi connectivity index (χ1) is 17.4. The second kappa shape index (κ2) is 9.76. The van der Waals surface area contributed by atoms with Crippen LogP contribution >= 0.6 is 22.9 Å². The molecule has 182 valence electrons. The topological polar surface area (TPSA) is 79.7 Å². The number of thiazole rings is 1. The van der Waals surface area contributed by atoms with E-state index in [1.54, 1.807) is 48.5 Å². The van der Waals surface area contributed by atoms with Crippen LogP contribution in [0.15, 0.2) is 72.3 Å². The van der Waals surface area contributed by atoms with E-state index < -0.39 is 17.7 Å². The first-order valence-corrected chi connectivity index (χ1v) is 12.7. The van der Waals surface area contributed by atoms with E-state index in [-0.39, 0.29) is 11.3 Å². The molecule has 1 N–H and O–H groups in total. The van der Waals surface area contributed by atoms with Crippen molar-refractivity contribution >= 4 is 55.7 Å². The van der Waals surface area contributed by atoms with Crippen molar-refractivity contribution in [1.82, 2.24) is 4.98 Å². The van der Waals surface area contributed by atoms with Crippen molar-refractivity contribution in [2.75, 3.05) is 11.5 Å². The van der Waals surface area contributed by atoms with Gasteiger partial charge in [-0.05, 0) is 73.0 Å². The molecule has 5 rings (SSSR count). The van der Waals surface area contributed by atoms with Crippen molar-refractivity contribution in [1.29, 1.82) is 0 Å². The number of aliphatic hydroxyl groups excluding tert-OH is 1. The van der Waals surface area contributed by atoms with Gasteiger partial charge < -0.3 is 9.84 Å². The Morgan fingerprint density at radius 2 is 1.81 bits per heavy atom. The van der Waals surface area contributed by atoms with E-state index in [2.05, 4.69) is 4.98 Å². The third-order valence-electron chi connectivity index (χ3n) is 5.97. The van der Waals surface area contributed by atoms with Crippen LogP contribution < -0.4 is 9.64 Å². The van der Waals surface area contributed by atoms with Crippen LogP contribution in [0.2, 0.25) is 5.02 Å². The van der Waals surface area contributed by atoms with Gasteiger partial charge in [0.05, 0.1) is 28.4 Å². The summed E-state index contributed by atoms with van der Waals surface area (Å²) >= 11 is 7.44. The molecule has 3 aromatic carbocycles. The number of aromatic nitrogens is 1. The molecule has 4 aromatic rings. The van der Waals surface area contributed by atoms with Gasteiger partial charge in [-0.2, -0.15) is 0 Å². The standard InChI is InChI=1S/C28H23ClN2O4S/c1-3-14-35-20-11-7-18(8-12-20)25(32)23-24(17-5-9-19(29)10-6-17)31(27(34)26(23)33)28-30-21-13-4-16(2)15-22(21)36-28/h4-13,15,24,32H,3,14H2,1-2H3/b25-23+. The molecular weight excluding hydrogens is 496 g/mol. The molecular formula is C28H23ClN2O4S. The van der Waals surface area contributed by atoms with Crippen LogP contribution in [0, 0.1) is 6.92 Å². The van der Waals surface area contributed by atoms with Crippen LogP contribution in [0.4, 0.5) is 5.13 Å². The van der Waals surface area contributed by atoms with Crippen molar-refractivity contribution in [3.63, 3.8) is 0 Å². The Morgan fingerprint density at radius 1 is 1.08 bits per heavy atom. The second-order valence-corrected chi connectivity index (χ2v) is 10.0. The molecule has 1 aliphatic rings. The molecule has 1 saturated heterocycles. The third-order valence-corrected chi connectivity index (χ3v) is 7.24. The average molecular weight is 519 g/mol. The minimum Gasteiger partial charge on any atom is -0.507 e. The van der Waals surface area contributed by atoms with Crippen LogP contribution in [0.25, 0.3) is 16.0 Å². The van der Waals surface area contributed by atoms with E-state index in [0.717, 1.165) is 22.2 Å². The number of anilines is 1. The zero-order valence-corrected chi connectivity index (χ0v) is 21.3. The zero-order chi connectivity index (χ0) is 25.4. The van der Waals surface area contributed by atoms with E-state index in [9.17, 15) is 14.7 Å². The highest BCUT2D eigenvalue weighted by molar-refractivity contribution is 7.22. The fraction of sp³-hybridized carbons (Fsp3) is 0.179. The lowest BCUT2D eigenvalue weighted by Crippen LogP contribution is -2.29. The number of ether oxygens (including phenoxy) is 1. The van der Waals surface area contributed by atoms with E-state index in [1.807, 2.05) is 32.0 Å². The van der Waals surface area contributed by atoms with Crippen LogP contribution in [0.3, 0.4) is 0 Å². The van der Waals surface area contributed by atoms with Crippen LogP contribution in [-0.2, 0) is 9.59 Å². The number of nitrogens with zero attached hydrogens (tertiary/aromatic N) is 2. The molecule has 1 unspecified atom stereocenters. The highest BCUT2D eigenvalue weighted by Gasteiger charge is 2.48. The summed E-state index contributed by atoms with van der Waals surface area (Å²) < 4.78 is 6.53. The largest absolute Gasteiger partial charge is 0.507 e. The molecule has 0 saturated carbocycles. The van der Waals surface area contributed by atoms with Crippen LogP contribution in [0.1, 0.15) is 36.1 Å². The van der Waals surface area contributed by atoms with Crippen molar-refractivity contribution in [2.24, 2.45) is 0 Å². The number of rotatable bonds is 6. The molecule has 6 nitrogen and oxygen atoms in total. The zero-order valence-electron chi connectivity index (χ0n) is 19.7. The predicted molar refractivity (Wildman–Crippen MR) is 143 cm³/mol. The number of hydrogen-bond acceptors (Lipinski definition) is 6. The van der Waals surface area contributed by atoms with Gasteiger partial charge in [0, 0.05) is 10.6 Å². The lowest BCUT2D eigenvalue weighted by molar-refractivity contribution is -0.132. The van der Waals surface area contributed by atoms with Crippen molar-refractivity contribution < 1.29 is 19.4 Å². The molecule has 2 heterocycles. The Morgan fingerprint density at radius 3 is 2.50 bits per heavy atom. The van der Waals surface area contributed by atoms with Crippen LogP contribution in [-0.4, -0.2) is 28.4 Å². The fourth-order valence-corrected chi connectivity index (χ4v) is 5.41. The van der Waals surface area contributed by atoms with Crippen molar-refractivity contribution in [3.8, 4) is 5.75 Å². The number of fused-ring (bicyclic) bond motifs is 1. The Kier molecular flexibility index (Phi) is 6.51. The number of carbonyl (C=O) groups is 2. The number of hydrogen-bond donors (Lipinski definition) is 1. The average Bonchev–Trinajstić information content (AvgIpc) is 3.40. The third kappa shape index (κ3) is 4.36. The number of Topliss-reactive ketones (excluding diaryl/α,β-unsaturated/α-hetero) is 1. The number of aliphatic hydroxyl groups is 1. The van der Waals surface area contributed by atoms with Gasteiger partial charge >= 0.3 is 5.91 Å². The predicted octanol–water partition coefficient (Wildman–Crippen LogP) is 6.67. The summed E-state index contributed by atoms with van der Waals surface area (Å²) in [7, 11) is 0. The summed E-state index contributed by atoms with van der Waals surface area (Å²) in [6, 6.07) is 18.7. The van der Waals surface area contributed by atoms with Gasteiger partial charge in [0.2, 0.25) is 0 Å². The minimum absolute atomic E-state index is 0.0000133. The maximum absolute atomic E-state index is 13.4. The molecule has 1 aliphatic heterocycles. The molecule has 0 aliphatic carbocycles. The number of amides is 1. The Bertz CT molecular complexity index is 1490. The highest BCUT2D eigenvalue weighted by Crippen LogP contribution is 2.44. The van der Waals surface area contributed by atoms with Gasteiger partial charge in [-0.1, -0.05) is 48.1 Å². The first-order valence-electron chi connectivity index (χ1n) is 11.5. The SMILES string of the molecule is CCCOc1ccc(/C(O)=C2\C(=O)C(=O)N(c3nc4ccc(C)cc4s3)C2c2ccc(Cl)cc2)cc1. The normalized spacial score (nSPS) is 17.2. The molecule has 0 spiro atoms. The molecule has 1 atom stereocenters. The number of carbonyl (C=O) groups excluding carboxylic acids is 2. The van der Waals surface area contributed by atoms with Gasteiger partial charge in [0.1, 0.15) is 11.5 Å². The Balaban J connectivity index is 1.65. The van der Waals surface area contributed by atoms with E-state index in [4.69, 9.17) is 16.3 Å². The summed E-state index contributed by atoms with van der Waals surface area (Å²) in [6.07, 6.45) is 0.873. The number of benzene rings is 3. The summed E-state index contributed by atoms with van der Waals surface area (Å²) in [6.45, 7) is 4.58. The van der Waals surface area contributed by atoms with Crippen molar-refractivity contribution in [2.45, 2.75) is 26.3 Å². The van der Waals surface area contributed by atoms with E-state index in [1.165, 1.54) is 16.2 Å². The van der Waals surface area contributed by atoms with E-state index >= 15 is 0 Å². The Hall–Kier alpha value is -3.68. The molecule has 1 aromatic heterocycles. The monoisotopic (exact) mass is 518 g/mol. The fourth-order valence-electron chi connectivity index (χ4n) is 4.20. The van der Waals surface area contributed by atoms with Crippen LogP contribution in [0.5, 0.6) is 5.75 Å². The summed E-state index contributed by atoms with van der Waals surface area (Å²) in [4.78, 5) is 32.7. The number of ketones is 1. The van der Waals surface area contributed by atoms with Gasteiger partial charge in [0.15, 0.2) is 5.13 Å². The summed E-state index contributed by atoms with van der Waals surface area (Å²) in [5.74, 6) is -1.10. The maximum atomic E-state index is 13.4. The van der Waals surface area contributed by atoms with Gasteiger partial charge in [-0.3, -0.25) is 14.5 Å². The Labute approximate surface area is 217 Å². The molecule has 1 fully saturated rings. The van der Waals surface area contributed by atoms with Gasteiger partial charge in [-0.15, -0.1) is 0 Å². The first kappa shape index (κ1) is 24.0. The molecule has 0 bridgehead atoms. The summed E-state index contributed by atoms with van der Waals surface area (Å²) in [5, 5.41) is 12.2. The quantitative estimate of drug-likeness (QED) is 0.175. The highest BCUT2D eigenvalue weighted by atomic mass is 35.5. The lowest BCUT2D eigenvalue weighted by atomic mass is 9.95. The van der Waals surface area contributed by atoms with Gasteiger partial charge in [-0.25, -0.2) is 4.98 Å². The molecule has 8 heteroatoms. The second-order valence-electron chi connectivity index (χ2n) is 8.56. The molecule has 1 amide bonds. The summed E-state index contributed by atoms with van der Waals surface area (Å²) in [5.41, 5.74) is 2.86. The minimum atomic E-state index is -0.861. The number of aryl methyl sites for hydroxylation is 1. The van der Waals surface area contributed by atoms with E-state index in [0.29, 0.717) is 33.6 Å². The van der Waals surface area contributed by atoms with Gasteiger partial charge in [0.25, 0.3) is 5.78 Å². The molecule has 36 heavy (non-hydrogen) atoms.